The molecule has 1 amide bonds. The molecular formula is C31H34N4O2S. The number of amides is 1. The molecule has 0 unspecified atom stereocenters. The van der Waals surface area contributed by atoms with Gasteiger partial charge in [0.2, 0.25) is 0 Å². The van der Waals surface area contributed by atoms with Gasteiger partial charge in [-0.3, -0.25) is 9.79 Å². The summed E-state index contributed by atoms with van der Waals surface area (Å²) in [6, 6.07) is 25.1. The molecule has 196 valence electrons. The Kier molecular flexibility index (Phi) is 7.56. The maximum absolute atomic E-state index is 12.5. The number of carbonyl (C=O) groups is 1. The van der Waals surface area contributed by atoms with Crippen molar-refractivity contribution in [3.8, 4) is 5.75 Å². The average molecular weight is 527 g/mol. The Balaban J connectivity index is 1.53. The molecule has 5 rings (SSSR count). The predicted octanol–water partition coefficient (Wildman–Crippen LogP) is 6.77. The third-order valence-corrected chi connectivity index (χ3v) is 8.06. The number of ether oxygens (including phenoxy) is 1. The number of aliphatic imine (C=N–C) groups is 1. The van der Waals surface area contributed by atoms with E-state index in [1.54, 1.807) is 12.1 Å². The Labute approximate surface area is 229 Å². The summed E-state index contributed by atoms with van der Waals surface area (Å²) in [6.07, 6.45) is 2.02. The second-order valence-corrected chi connectivity index (χ2v) is 11.6. The van der Waals surface area contributed by atoms with Crippen LogP contribution in [0.4, 0.5) is 10.5 Å². The number of methoxy groups -OCH3 is 1. The van der Waals surface area contributed by atoms with Crippen LogP contribution in [0.2, 0.25) is 0 Å². The number of fused-ring (bicyclic) bond motifs is 1. The summed E-state index contributed by atoms with van der Waals surface area (Å²) in [4.78, 5) is 19.9. The Morgan fingerprint density at radius 2 is 1.84 bits per heavy atom. The van der Waals surface area contributed by atoms with Gasteiger partial charge in [-0.1, -0.05) is 48.2 Å². The minimum atomic E-state index is -0.392. The minimum absolute atomic E-state index is 0.00384. The number of hydrogen-bond acceptors (Lipinski definition) is 5. The second-order valence-electron chi connectivity index (χ2n) is 10.00. The third-order valence-electron chi connectivity index (χ3n) is 6.97. The highest BCUT2D eigenvalue weighted by molar-refractivity contribution is 8.15. The molecule has 0 fully saturated rings. The Hall–Kier alpha value is -3.58. The quantitative estimate of drug-likeness (QED) is 0.263. The van der Waals surface area contributed by atoms with E-state index in [9.17, 15) is 4.79 Å². The Bertz CT molecular complexity index is 1370. The van der Waals surface area contributed by atoms with Crippen molar-refractivity contribution in [2.24, 2.45) is 10.1 Å². The number of rotatable bonds is 6. The van der Waals surface area contributed by atoms with Gasteiger partial charge in [0.25, 0.3) is 0 Å². The van der Waals surface area contributed by atoms with E-state index < -0.39 is 4.75 Å². The molecule has 0 N–H and O–H groups in total. The summed E-state index contributed by atoms with van der Waals surface area (Å²) < 4.78 is 5.01. The van der Waals surface area contributed by atoms with E-state index in [4.69, 9.17) is 14.8 Å². The van der Waals surface area contributed by atoms with Crippen molar-refractivity contribution in [3.05, 3.63) is 95.1 Å². The standard InChI is InChI=1S/C31H34N4O2S/c1-5-35-30(36)38-31(2,3)28(33-35)25-15-18-27-24(20-25)12-9-19-34(27)29(23-13-16-26(37-4)17-14-23)32-21-22-10-7-6-8-11-22/h6-8,10-11,13-18,20H,5,9,12,19,21H2,1-4H3. The molecule has 38 heavy (non-hydrogen) atoms. The average Bonchev–Trinajstić information content (AvgIpc) is 2.93. The summed E-state index contributed by atoms with van der Waals surface area (Å²) >= 11 is 1.34. The summed E-state index contributed by atoms with van der Waals surface area (Å²) in [5.74, 6) is 1.78. The van der Waals surface area contributed by atoms with Gasteiger partial charge in [-0.25, -0.2) is 5.01 Å². The van der Waals surface area contributed by atoms with Crippen LogP contribution in [0.1, 0.15) is 49.4 Å². The lowest BCUT2D eigenvalue weighted by molar-refractivity contribution is 0.226. The highest BCUT2D eigenvalue weighted by Gasteiger charge is 2.37. The molecule has 0 aliphatic carbocycles. The van der Waals surface area contributed by atoms with Crippen LogP contribution in [0.25, 0.3) is 0 Å². The van der Waals surface area contributed by atoms with Gasteiger partial charge in [-0.15, -0.1) is 0 Å². The summed E-state index contributed by atoms with van der Waals surface area (Å²) in [6.45, 7) is 8.17. The van der Waals surface area contributed by atoms with Gasteiger partial charge in [-0.05, 0) is 86.7 Å². The fraction of sp³-hybridized carbons (Fsp3) is 0.323. The van der Waals surface area contributed by atoms with E-state index in [0.717, 1.165) is 47.8 Å². The lowest BCUT2D eigenvalue weighted by Crippen LogP contribution is -2.41. The maximum Gasteiger partial charge on any atom is 0.302 e. The molecule has 2 aliphatic heterocycles. The van der Waals surface area contributed by atoms with Gasteiger partial charge >= 0.3 is 5.24 Å². The molecule has 2 aliphatic rings. The molecule has 0 spiro atoms. The molecule has 2 heterocycles. The van der Waals surface area contributed by atoms with Crippen molar-refractivity contribution in [2.45, 2.75) is 44.9 Å². The Morgan fingerprint density at radius 1 is 1.08 bits per heavy atom. The number of hydrazone groups is 1. The summed E-state index contributed by atoms with van der Waals surface area (Å²) in [5, 5.41) is 6.33. The molecule has 3 aromatic rings. The molecule has 0 aromatic heterocycles. The van der Waals surface area contributed by atoms with Crippen LogP contribution in [0.15, 0.2) is 82.9 Å². The smallest absolute Gasteiger partial charge is 0.302 e. The van der Waals surface area contributed by atoms with Crippen molar-refractivity contribution >= 4 is 34.2 Å². The van der Waals surface area contributed by atoms with E-state index in [0.29, 0.717) is 13.1 Å². The van der Waals surface area contributed by atoms with E-state index >= 15 is 0 Å². The Morgan fingerprint density at radius 3 is 2.55 bits per heavy atom. The molecule has 3 aromatic carbocycles. The van der Waals surface area contributed by atoms with Crippen LogP contribution in [0.3, 0.4) is 0 Å². The topological polar surface area (TPSA) is 57.5 Å². The number of anilines is 1. The second kappa shape index (κ2) is 11.0. The van der Waals surface area contributed by atoms with E-state index in [1.165, 1.54) is 28.6 Å². The molecule has 6 nitrogen and oxygen atoms in total. The maximum atomic E-state index is 12.5. The highest BCUT2D eigenvalue weighted by atomic mass is 32.2. The van der Waals surface area contributed by atoms with Crippen LogP contribution >= 0.6 is 11.8 Å². The summed E-state index contributed by atoms with van der Waals surface area (Å²) in [7, 11) is 1.68. The lowest BCUT2D eigenvalue weighted by atomic mass is 9.93. The largest absolute Gasteiger partial charge is 0.497 e. The molecule has 0 saturated heterocycles. The van der Waals surface area contributed by atoms with Gasteiger partial charge < -0.3 is 9.64 Å². The van der Waals surface area contributed by atoms with Crippen molar-refractivity contribution in [1.82, 2.24) is 5.01 Å². The van der Waals surface area contributed by atoms with Crippen molar-refractivity contribution in [2.75, 3.05) is 25.1 Å². The van der Waals surface area contributed by atoms with E-state index in [1.807, 2.05) is 25.1 Å². The number of thioether (sulfide) groups is 1. The molecule has 0 bridgehead atoms. The van der Waals surface area contributed by atoms with Crippen LogP contribution in [-0.2, 0) is 13.0 Å². The normalized spacial score (nSPS) is 17.2. The number of hydrogen-bond donors (Lipinski definition) is 0. The lowest BCUT2D eigenvalue weighted by Gasteiger charge is -2.35. The van der Waals surface area contributed by atoms with Crippen molar-refractivity contribution in [3.63, 3.8) is 0 Å². The number of nitrogens with zero attached hydrogens (tertiary/aromatic N) is 4. The number of amidine groups is 1. The van der Waals surface area contributed by atoms with Crippen molar-refractivity contribution < 1.29 is 9.53 Å². The minimum Gasteiger partial charge on any atom is -0.497 e. The zero-order valence-corrected chi connectivity index (χ0v) is 23.3. The third kappa shape index (κ3) is 5.34. The first-order chi connectivity index (χ1) is 18.4. The number of aryl methyl sites for hydroxylation is 1. The van der Waals surface area contributed by atoms with Gasteiger partial charge in [0.1, 0.15) is 11.6 Å². The SMILES string of the molecule is CCN1N=C(c2ccc3c(c2)CCCN3C(=NCc2ccccc2)c2ccc(OC)cc2)C(C)(C)SC1=O. The molecule has 0 atom stereocenters. The predicted molar refractivity (Wildman–Crippen MR) is 158 cm³/mol. The monoisotopic (exact) mass is 526 g/mol. The van der Waals surface area contributed by atoms with Crippen LogP contribution in [0.5, 0.6) is 5.75 Å². The van der Waals surface area contributed by atoms with Gasteiger partial charge in [-0.2, -0.15) is 5.10 Å². The van der Waals surface area contributed by atoms with Gasteiger partial charge in [0.05, 0.1) is 24.1 Å². The first kappa shape index (κ1) is 26.0. The number of benzene rings is 3. The first-order valence-electron chi connectivity index (χ1n) is 13.1. The van der Waals surface area contributed by atoms with Gasteiger partial charge in [0, 0.05) is 24.3 Å². The first-order valence-corrected chi connectivity index (χ1v) is 13.9. The summed E-state index contributed by atoms with van der Waals surface area (Å²) in [5.41, 5.74) is 6.70. The zero-order chi connectivity index (χ0) is 26.7. The zero-order valence-electron chi connectivity index (χ0n) is 22.5. The fourth-order valence-electron chi connectivity index (χ4n) is 4.99. The highest BCUT2D eigenvalue weighted by Crippen LogP contribution is 2.38. The van der Waals surface area contributed by atoms with Crippen LogP contribution in [0, 0.1) is 0 Å². The van der Waals surface area contributed by atoms with Crippen molar-refractivity contribution in [1.29, 1.82) is 0 Å². The molecule has 7 heteroatoms. The molecular weight excluding hydrogens is 492 g/mol. The van der Waals surface area contributed by atoms with E-state index in [2.05, 4.69) is 73.3 Å². The molecule has 0 radical (unpaired) electrons. The molecule has 0 saturated carbocycles. The fourth-order valence-corrected chi connectivity index (χ4v) is 5.96. The van der Waals surface area contributed by atoms with Crippen LogP contribution in [-0.4, -0.2) is 46.7 Å². The number of carbonyl (C=O) groups excluding carboxylic acids is 1. The van der Waals surface area contributed by atoms with Gasteiger partial charge in [0.15, 0.2) is 0 Å². The van der Waals surface area contributed by atoms with Crippen LogP contribution < -0.4 is 9.64 Å². The van der Waals surface area contributed by atoms with E-state index in [-0.39, 0.29) is 5.24 Å².